The second-order valence-corrected chi connectivity index (χ2v) is 5.46. The zero-order chi connectivity index (χ0) is 15.5. The molecule has 21 heavy (non-hydrogen) atoms. The Kier molecular flexibility index (Phi) is 8.74. The lowest BCUT2D eigenvalue weighted by molar-refractivity contribution is -0.125. The van der Waals surface area contributed by atoms with E-state index in [9.17, 15) is 9.59 Å². The predicted molar refractivity (Wildman–Crippen MR) is 85.0 cm³/mol. The molecule has 0 saturated carbocycles. The van der Waals surface area contributed by atoms with E-state index in [1.807, 2.05) is 18.7 Å². The molecule has 0 atom stereocenters. The number of amides is 2. The number of carbonyl (C=O) groups excluding carboxylic acids is 2. The SMILES string of the molecule is CCNC(=O)CN(CC)CC(=O)NCCC1=CCCCC1. The van der Waals surface area contributed by atoms with E-state index in [2.05, 4.69) is 16.7 Å². The van der Waals surface area contributed by atoms with Crippen LogP contribution in [0, 0.1) is 0 Å². The first-order valence-corrected chi connectivity index (χ1v) is 8.09. The van der Waals surface area contributed by atoms with E-state index in [-0.39, 0.29) is 24.9 Å². The van der Waals surface area contributed by atoms with Crippen molar-refractivity contribution in [2.45, 2.75) is 46.0 Å². The average Bonchev–Trinajstić information content (AvgIpc) is 2.48. The normalized spacial score (nSPS) is 14.7. The highest BCUT2D eigenvalue weighted by molar-refractivity contribution is 5.81. The average molecular weight is 295 g/mol. The second kappa shape index (κ2) is 10.4. The summed E-state index contributed by atoms with van der Waals surface area (Å²) >= 11 is 0. The molecule has 0 aliphatic heterocycles. The van der Waals surface area contributed by atoms with Crippen LogP contribution in [0.1, 0.15) is 46.0 Å². The fraction of sp³-hybridized carbons (Fsp3) is 0.750. The quantitative estimate of drug-likeness (QED) is 0.633. The van der Waals surface area contributed by atoms with Gasteiger partial charge in [-0.05, 0) is 45.6 Å². The summed E-state index contributed by atoms with van der Waals surface area (Å²) in [5, 5.41) is 5.70. The molecule has 1 aliphatic carbocycles. The van der Waals surface area contributed by atoms with Gasteiger partial charge < -0.3 is 10.6 Å². The van der Waals surface area contributed by atoms with E-state index in [1.165, 1.54) is 31.3 Å². The zero-order valence-electron chi connectivity index (χ0n) is 13.4. The van der Waals surface area contributed by atoms with Crippen LogP contribution in [0.4, 0.5) is 0 Å². The van der Waals surface area contributed by atoms with E-state index in [0.29, 0.717) is 19.6 Å². The highest BCUT2D eigenvalue weighted by atomic mass is 16.2. The molecule has 2 amide bonds. The molecule has 0 unspecified atom stereocenters. The number of carbonyl (C=O) groups is 2. The van der Waals surface area contributed by atoms with Crippen LogP contribution in [0.15, 0.2) is 11.6 Å². The summed E-state index contributed by atoms with van der Waals surface area (Å²) in [5.74, 6) is -0.0305. The molecule has 0 aromatic heterocycles. The largest absolute Gasteiger partial charge is 0.355 e. The van der Waals surface area contributed by atoms with E-state index >= 15 is 0 Å². The van der Waals surface area contributed by atoms with Crippen LogP contribution in [0.25, 0.3) is 0 Å². The van der Waals surface area contributed by atoms with Gasteiger partial charge >= 0.3 is 0 Å². The molecular weight excluding hydrogens is 266 g/mol. The first kappa shape index (κ1) is 17.7. The summed E-state index contributed by atoms with van der Waals surface area (Å²) in [5.41, 5.74) is 1.47. The van der Waals surface area contributed by atoms with Crippen molar-refractivity contribution in [1.29, 1.82) is 0 Å². The standard InChI is InChI=1S/C16H29N3O2/c1-3-17-15(20)12-19(4-2)13-16(21)18-11-10-14-8-6-5-7-9-14/h8H,3-7,9-13H2,1-2H3,(H,17,20)(H,18,21). The van der Waals surface area contributed by atoms with Gasteiger partial charge in [0.1, 0.15) is 0 Å². The molecule has 1 aliphatic rings. The third-order valence-corrected chi connectivity index (χ3v) is 3.71. The minimum absolute atomic E-state index is 0.00226. The second-order valence-electron chi connectivity index (χ2n) is 5.46. The first-order valence-electron chi connectivity index (χ1n) is 8.09. The van der Waals surface area contributed by atoms with Gasteiger partial charge in [0.25, 0.3) is 0 Å². The fourth-order valence-electron chi connectivity index (χ4n) is 2.49. The fourth-order valence-corrected chi connectivity index (χ4v) is 2.49. The Morgan fingerprint density at radius 1 is 1.14 bits per heavy atom. The van der Waals surface area contributed by atoms with Crippen LogP contribution in [-0.4, -0.2) is 49.4 Å². The summed E-state index contributed by atoms with van der Waals surface area (Å²) in [6, 6.07) is 0. The minimum atomic E-state index is -0.0282. The molecule has 2 N–H and O–H groups in total. The Bertz CT molecular complexity index is 367. The number of hydrogen-bond acceptors (Lipinski definition) is 3. The van der Waals surface area contributed by atoms with Crippen molar-refractivity contribution in [3.05, 3.63) is 11.6 Å². The van der Waals surface area contributed by atoms with Crippen molar-refractivity contribution in [2.24, 2.45) is 0 Å². The van der Waals surface area contributed by atoms with Crippen molar-refractivity contribution in [3.63, 3.8) is 0 Å². The van der Waals surface area contributed by atoms with Gasteiger partial charge in [0.05, 0.1) is 13.1 Å². The van der Waals surface area contributed by atoms with Crippen LogP contribution in [-0.2, 0) is 9.59 Å². The lowest BCUT2D eigenvalue weighted by Crippen LogP contribution is -2.42. The van der Waals surface area contributed by atoms with Crippen LogP contribution < -0.4 is 10.6 Å². The Balaban J connectivity index is 2.21. The van der Waals surface area contributed by atoms with E-state index in [1.54, 1.807) is 0 Å². The number of nitrogens with one attached hydrogen (secondary N) is 2. The topological polar surface area (TPSA) is 61.4 Å². The van der Waals surface area contributed by atoms with Gasteiger partial charge in [0, 0.05) is 13.1 Å². The van der Waals surface area contributed by atoms with Gasteiger partial charge in [-0.1, -0.05) is 18.6 Å². The van der Waals surface area contributed by atoms with Crippen molar-refractivity contribution in [2.75, 3.05) is 32.7 Å². The van der Waals surface area contributed by atoms with E-state index < -0.39 is 0 Å². The number of likely N-dealkylation sites (N-methyl/N-ethyl adjacent to an activating group) is 2. The molecule has 0 heterocycles. The van der Waals surface area contributed by atoms with Gasteiger partial charge in [-0.3, -0.25) is 14.5 Å². The number of hydrogen-bond donors (Lipinski definition) is 2. The van der Waals surface area contributed by atoms with Crippen LogP contribution in [0.5, 0.6) is 0 Å². The number of allylic oxidation sites excluding steroid dienone is 1. The van der Waals surface area contributed by atoms with Crippen LogP contribution >= 0.6 is 0 Å². The molecule has 5 nitrogen and oxygen atoms in total. The van der Waals surface area contributed by atoms with Crippen molar-refractivity contribution >= 4 is 11.8 Å². The molecule has 5 heteroatoms. The molecule has 0 aromatic rings. The van der Waals surface area contributed by atoms with E-state index in [4.69, 9.17) is 0 Å². The maximum Gasteiger partial charge on any atom is 0.234 e. The summed E-state index contributed by atoms with van der Waals surface area (Å²) in [4.78, 5) is 25.3. The van der Waals surface area contributed by atoms with Gasteiger partial charge in [0.15, 0.2) is 0 Å². The minimum Gasteiger partial charge on any atom is -0.355 e. The lowest BCUT2D eigenvalue weighted by atomic mass is 9.97. The smallest absolute Gasteiger partial charge is 0.234 e. The summed E-state index contributed by atoms with van der Waals surface area (Å²) < 4.78 is 0. The maximum absolute atomic E-state index is 11.9. The summed E-state index contributed by atoms with van der Waals surface area (Å²) in [7, 11) is 0. The number of rotatable bonds is 9. The van der Waals surface area contributed by atoms with Crippen molar-refractivity contribution < 1.29 is 9.59 Å². The highest BCUT2D eigenvalue weighted by Gasteiger charge is 2.12. The maximum atomic E-state index is 11.9. The molecule has 0 saturated heterocycles. The molecule has 0 fully saturated rings. The molecular formula is C16H29N3O2. The molecule has 0 aromatic carbocycles. The van der Waals surface area contributed by atoms with Gasteiger partial charge in [-0.15, -0.1) is 0 Å². The summed E-state index contributed by atoms with van der Waals surface area (Å²) in [6.07, 6.45) is 8.18. The molecule has 1 rings (SSSR count). The monoisotopic (exact) mass is 295 g/mol. The Labute approximate surface area is 128 Å². The Morgan fingerprint density at radius 2 is 1.86 bits per heavy atom. The van der Waals surface area contributed by atoms with Crippen molar-refractivity contribution in [1.82, 2.24) is 15.5 Å². The van der Waals surface area contributed by atoms with Crippen LogP contribution in [0.2, 0.25) is 0 Å². The molecule has 0 spiro atoms. The predicted octanol–water partition coefficient (Wildman–Crippen LogP) is 1.45. The van der Waals surface area contributed by atoms with Gasteiger partial charge in [0.2, 0.25) is 11.8 Å². The van der Waals surface area contributed by atoms with Crippen molar-refractivity contribution in [3.8, 4) is 0 Å². The third-order valence-electron chi connectivity index (χ3n) is 3.71. The summed E-state index contributed by atoms with van der Waals surface area (Å²) in [6.45, 7) is 6.42. The van der Waals surface area contributed by atoms with Crippen LogP contribution in [0.3, 0.4) is 0 Å². The lowest BCUT2D eigenvalue weighted by Gasteiger charge is -2.19. The number of nitrogens with zero attached hydrogens (tertiary/aromatic N) is 1. The molecule has 0 radical (unpaired) electrons. The zero-order valence-corrected chi connectivity index (χ0v) is 13.4. The third kappa shape index (κ3) is 7.85. The Hall–Kier alpha value is -1.36. The Morgan fingerprint density at radius 3 is 2.43 bits per heavy atom. The molecule has 0 bridgehead atoms. The van der Waals surface area contributed by atoms with E-state index in [0.717, 1.165) is 6.42 Å². The first-order chi connectivity index (χ1) is 10.2. The molecule has 120 valence electrons. The van der Waals surface area contributed by atoms with Gasteiger partial charge in [-0.25, -0.2) is 0 Å². The van der Waals surface area contributed by atoms with Gasteiger partial charge in [-0.2, -0.15) is 0 Å². The highest BCUT2D eigenvalue weighted by Crippen LogP contribution is 2.19.